The minimum absolute atomic E-state index is 0.328. The second-order valence-corrected chi connectivity index (χ2v) is 4.60. The second-order valence-electron chi connectivity index (χ2n) is 4.60. The summed E-state index contributed by atoms with van der Waals surface area (Å²) in [6, 6.07) is 3.19. The van der Waals surface area contributed by atoms with Gasteiger partial charge in [0.05, 0.1) is 12.7 Å². The van der Waals surface area contributed by atoms with Crippen LogP contribution in [-0.4, -0.2) is 13.4 Å². The molecule has 2 aromatic heterocycles. The zero-order valence-electron chi connectivity index (χ0n) is 11.3. The van der Waals surface area contributed by atoms with Crippen molar-refractivity contribution in [2.75, 3.05) is 7.11 Å². The number of ether oxygens (including phenoxy) is 1. The first-order valence-electron chi connectivity index (χ1n) is 6.06. The highest BCUT2D eigenvalue weighted by atomic mass is 16.5. The van der Waals surface area contributed by atoms with Crippen LogP contribution in [0.15, 0.2) is 25.8 Å². The summed E-state index contributed by atoms with van der Waals surface area (Å²) in [5.41, 5.74) is 1.52. The Morgan fingerprint density at radius 3 is 2.45 bits per heavy atom. The molecule has 0 bridgehead atoms. The van der Waals surface area contributed by atoms with Crippen LogP contribution in [0.5, 0.6) is 5.75 Å². The lowest BCUT2D eigenvalue weighted by molar-refractivity contribution is 0.112. The summed E-state index contributed by atoms with van der Waals surface area (Å²) in [5, 5.41) is 1.37. The highest BCUT2D eigenvalue weighted by Gasteiger charge is 2.20. The number of rotatable bonds is 2. The van der Waals surface area contributed by atoms with E-state index in [0.717, 1.165) is 17.2 Å². The van der Waals surface area contributed by atoms with Gasteiger partial charge >= 0.3 is 5.63 Å². The third kappa shape index (κ3) is 1.56. The third-order valence-electron chi connectivity index (χ3n) is 3.40. The van der Waals surface area contributed by atoms with E-state index in [0.29, 0.717) is 33.6 Å². The van der Waals surface area contributed by atoms with Crippen LogP contribution in [0.1, 0.15) is 21.7 Å². The van der Waals surface area contributed by atoms with Crippen molar-refractivity contribution in [3.8, 4) is 5.75 Å². The molecule has 0 saturated heterocycles. The summed E-state index contributed by atoms with van der Waals surface area (Å²) < 4.78 is 16.1. The maximum atomic E-state index is 11.5. The number of aldehydes is 1. The van der Waals surface area contributed by atoms with Gasteiger partial charge < -0.3 is 13.6 Å². The average Bonchev–Trinajstić information content (AvgIpc) is 2.71. The molecule has 3 aromatic rings. The molecule has 1 aromatic carbocycles. The number of furan rings is 1. The number of hydrogen-bond donors (Lipinski definition) is 0. The molecule has 2 heterocycles. The van der Waals surface area contributed by atoms with E-state index in [1.54, 1.807) is 19.9 Å². The molecule has 5 heteroatoms. The monoisotopic (exact) mass is 272 g/mol. The summed E-state index contributed by atoms with van der Waals surface area (Å²) in [6.45, 7) is 3.51. The number of aryl methyl sites for hydroxylation is 2. The van der Waals surface area contributed by atoms with E-state index >= 15 is 0 Å². The Balaban J connectivity index is 2.63. The molecule has 0 N–H and O–H groups in total. The summed E-state index contributed by atoms with van der Waals surface area (Å²) in [4.78, 5) is 22.7. The fourth-order valence-electron chi connectivity index (χ4n) is 2.43. The molecule has 5 nitrogen and oxygen atoms in total. The normalized spacial score (nSPS) is 11.2. The fourth-order valence-corrected chi connectivity index (χ4v) is 2.43. The van der Waals surface area contributed by atoms with E-state index in [9.17, 15) is 9.59 Å². The maximum Gasteiger partial charge on any atom is 0.336 e. The summed E-state index contributed by atoms with van der Waals surface area (Å²) in [7, 11) is 1.47. The minimum Gasteiger partial charge on any atom is -0.490 e. The van der Waals surface area contributed by atoms with E-state index in [2.05, 4.69) is 0 Å². The molecule has 0 radical (unpaired) electrons. The van der Waals surface area contributed by atoms with Gasteiger partial charge in [0.1, 0.15) is 5.76 Å². The van der Waals surface area contributed by atoms with E-state index in [1.165, 1.54) is 13.2 Å². The zero-order valence-corrected chi connectivity index (χ0v) is 11.3. The first-order chi connectivity index (χ1) is 9.56. The molecule has 0 aliphatic carbocycles. The Morgan fingerprint density at radius 1 is 1.10 bits per heavy atom. The third-order valence-corrected chi connectivity index (χ3v) is 3.40. The fraction of sp³-hybridized carbons (Fsp3) is 0.200. The van der Waals surface area contributed by atoms with Crippen molar-refractivity contribution in [3.63, 3.8) is 0 Å². The van der Waals surface area contributed by atoms with Gasteiger partial charge in [-0.2, -0.15) is 0 Å². The molecule has 0 aliphatic rings. The van der Waals surface area contributed by atoms with Gasteiger partial charge in [0, 0.05) is 16.8 Å². The predicted molar refractivity (Wildman–Crippen MR) is 73.7 cm³/mol. The van der Waals surface area contributed by atoms with Crippen molar-refractivity contribution >= 4 is 28.2 Å². The van der Waals surface area contributed by atoms with Gasteiger partial charge in [0.15, 0.2) is 17.5 Å². The topological polar surface area (TPSA) is 69.7 Å². The maximum absolute atomic E-state index is 11.5. The molecule has 20 heavy (non-hydrogen) atoms. The van der Waals surface area contributed by atoms with Crippen LogP contribution in [-0.2, 0) is 0 Å². The van der Waals surface area contributed by atoms with Gasteiger partial charge in [0.2, 0.25) is 5.75 Å². The lowest BCUT2D eigenvalue weighted by atomic mass is 10.1. The quantitative estimate of drug-likeness (QED) is 0.530. The Hall–Kier alpha value is -2.56. The van der Waals surface area contributed by atoms with Crippen molar-refractivity contribution in [2.45, 2.75) is 13.8 Å². The van der Waals surface area contributed by atoms with Crippen molar-refractivity contribution in [1.82, 2.24) is 0 Å². The van der Waals surface area contributed by atoms with Crippen LogP contribution < -0.4 is 10.4 Å². The molecule has 102 valence electrons. The standard InChI is InChI=1S/C15H12O5/c1-7-4-12(17)20-13-9(7)5-10-11(6-16)8(2)19-14(10)15(13)18-3/h4-6H,1-3H3. The molecule has 0 atom stereocenters. The average molecular weight is 272 g/mol. The molecular formula is C15H12O5. The van der Waals surface area contributed by atoms with Crippen LogP contribution in [0.4, 0.5) is 0 Å². The first-order valence-corrected chi connectivity index (χ1v) is 6.06. The van der Waals surface area contributed by atoms with Gasteiger partial charge in [-0.15, -0.1) is 0 Å². The molecule has 0 fully saturated rings. The van der Waals surface area contributed by atoms with Crippen molar-refractivity contribution in [2.24, 2.45) is 0 Å². The zero-order chi connectivity index (χ0) is 14.4. The number of benzene rings is 1. The summed E-state index contributed by atoms with van der Waals surface area (Å²) >= 11 is 0. The van der Waals surface area contributed by atoms with E-state index in [-0.39, 0.29) is 0 Å². The number of hydrogen-bond acceptors (Lipinski definition) is 5. The van der Waals surface area contributed by atoms with E-state index < -0.39 is 5.63 Å². The van der Waals surface area contributed by atoms with Crippen LogP contribution in [0.25, 0.3) is 21.9 Å². The number of fused-ring (bicyclic) bond motifs is 2. The Morgan fingerprint density at radius 2 is 1.80 bits per heavy atom. The van der Waals surface area contributed by atoms with Crippen molar-refractivity contribution in [1.29, 1.82) is 0 Å². The highest BCUT2D eigenvalue weighted by Crippen LogP contribution is 2.38. The lowest BCUT2D eigenvalue weighted by Gasteiger charge is -2.06. The molecule has 0 aliphatic heterocycles. The van der Waals surface area contributed by atoms with Gasteiger partial charge in [-0.25, -0.2) is 4.79 Å². The summed E-state index contributed by atoms with van der Waals surface area (Å²) in [6.07, 6.45) is 0.751. The van der Waals surface area contributed by atoms with Crippen LogP contribution in [0.2, 0.25) is 0 Å². The molecule has 3 rings (SSSR count). The Kier molecular flexibility index (Phi) is 2.64. The van der Waals surface area contributed by atoms with Gasteiger partial charge in [0.25, 0.3) is 0 Å². The van der Waals surface area contributed by atoms with E-state index in [4.69, 9.17) is 13.6 Å². The van der Waals surface area contributed by atoms with Gasteiger partial charge in [-0.3, -0.25) is 4.79 Å². The minimum atomic E-state index is -0.452. The van der Waals surface area contributed by atoms with Crippen molar-refractivity contribution < 1.29 is 18.4 Å². The molecular weight excluding hydrogens is 260 g/mol. The van der Waals surface area contributed by atoms with Crippen LogP contribution in [0, 0.1) is 13.8 Å². The van der Waals surface area contributed by atoms with Gasteiger partial charge in [-0.1, -0.05) is 0 Å². The van der Waals surface area contributed by atoms with Gasteiger partial charge in [-0.05, 0) is 25.5 Å². The lowest BCUT2D eigenvalue weighted by Crippen LogP contribution is -1.99. The molecule has 0 amide bonds. The van der Waals surface area contributed by atoms with Crippen molar-refractivity contribution in [3.05, 3.63) is 39.4 Å². The summed E-state index contributed by atoms with van der Waals surface area (Å²) in [5.74, 6) is 0.832. The molecule has 0 unspecified atom stereocenters. The smallest absolute Gasteiger partial charge is 0.336 e. The van der Waals surface area contributed by atoms with Crippen LogP contribution in [0.3, 0.4) is 0 Å². The molecule has 0 spiro atoms. The van der Waals surface area contributed by atoms with Crippen LogP contribution >= 0.6 is 0 Å². The number of carbonyl (C=O) groups is 1. The SMILES string of the molecule is COc1c2oc(=O)cc(C)c2cc2c(C=O)c(C)oc12. The first kappa shape index (κ1) is 12.5. The highest BCUT2D eigenvalue weighted by molar-refractivity contribution is 6.07. The number of methoxy groups -OCH3 is 1. The largest absolute Gasteiger partial charge is 0.490 e. The second kappa shape index (κ2) is 4.23. The number of carbonyl (C=O) groups excluding carboxylic acids is 1. The van der Waals surface area contributed by atoms with E-state index in [1.807, 2.05) is 0 Å². The molecule has 0 saturated carbocycles. The Bertz CT molecular complexity index is 898. The predicted octanol–water partition coefficient (Wildman–Crippen LogP) is 2.98. The Labute approximate surface area is 113 Å².